The lowest BCUT2D eigenvalue weighted by Crippen LogP contribution is -2.32. The molecule has 2 aromatic carbocycles. The number of fused-ring (bicyclic) bond motifs is 2. The van der Waals surface area contributed by atoms with E-state index in [1.165, 1.54) is 50.5 Å². The molecule has 0 saturated heterocycles. The van der Waals surface area contributed by atoms with Crippen molar-refractivity contribution < 1.29 is 19.3 Å². The minimum Gasteiger partial charge on any atom is -0.478 e. The summed E-state index contributed by atoms with van der Waals surface area (Å²) in [6.45, 7) is 14.5. The van der Waals surface area contributed by atoms with Crippen molar-refractivity contribution in [2.24, 2.45) is 0 Å². The van der Waals surface area contributed by atoms with Crippen LogP contribution >= 0.6 is 0 Å². The molecule has 7 nitrogen and oxygen atoms in total. The van der Waals surface area contributed by atoms with Gasteiger partial charge in [-0.1, -0.05) is 104 Å². The van der Waals surface area contributed by atoms with Crippen LogP contribution in [0.15, 0.2) is 82.6 Å². The highest BCUT2D eigenvalue weighted by Gasteiger charge is 2.47. The minimum atomic E-state index is -0.979. The van der Waals surface area contributed by atoms with E-state index >= 15 is 0 Å². The number of nitriles is 1. The number of hydrogen-bond acceptors (Lipinski definition) is 5. The summed E-state index contributed by atoms with van der Waals surface area (Å²) in [5.74, 6) is 1.20. The first kappa shape index (κ1) is 39.4. The largest absolute Gasteiger partial charge is 0.478 e. The van der Waals surface area contributed by atoms with Crippen LogP contribution in [0.25, 0.3) is 0 Å². The zero-order chi connectivity index (χ0) is 38.3. The Morgan fingerprint density at radius 1 is 0.868 bits per heavy atom. The predicted molar refractivity (Wildman–Crippen MR) is 215 cm³/mol. The van der Waals surface area contributed by atoms with Crippen LogP contribution < -0.4 is 4.90 Å². The third-order valence-corrected chi connectivity index (χ3v) is 11.5. The predicted octanol–water partition coefficient (Wildman–Crippen LogP) is 10.7. The number of hydrogen-bond donors (Lipinski definition) is 2. The molecular formula is C46H57N4O3+. The third-order valence-electron chi connectivity index (χ3n) is 11.5. The highest BCUT2D eigenvalue weighted by molar-refractivity contribution is 6.27. The molecule has 5 rings (SSSR count). The zero-order valence-electron chi connectivity index (χ0n) is 32.7. The average Bonchev–Trinajstić information content (AvgIpc) is 3.49. The standard InChI is InChI=1S/C46H56N4O3/c1-7-9-11-13-15-19-25-49-38-22-18-17-21-36(38)45(3,4)40(49)28-34-42(33(30-47)31-48)35(43(34)51)29-41-46(5,6)37-27-32(44(52)53)23-24-39(37)50(41)26-20-16-14-12-10-8-2/h17-18,21-24,27-29,47H,7-16,19-20,25-26H2,1-6H3/p+1. The highest BCUT2D eigenvalue weighted by Crippen LogP contribution is 2.50. The number of carbonyl (C=O) groups excluding carboxylic acids is 1. The lowest BCUT2D eigenvalue weighted by molar-refractivity contribution is -0.438. The quantitative estimate of drug-likeness (QED) is 0.0525. The zero-order valence-corrected chi connectivity index (χ0v) is 32.7. The normalized spacial score (nSPS) is 18.3. The maximum absolute atomic E-state index is 14.4. The van der Waals surface area contributed by atoms with Gasteiger partial charge in [-0.15, -0.1) is 0 Å². The van der Waals surface area contributed by atoms with Crippen LogP contribution in [0.4, 0.5) is 11.4 Å². The summed E-state index contributed by atoms with van der Waals surface area (Å²) in [5, 5.41) is 28.2. The van der Waals surface area contributed by atoms with Gasteiger partial charge in [0.05, 0.1) is 11.0 Å². The van der Waals surface area contributed by atoms with Gasteiger partial charge in [0.15, 0.2) is 11.5 Å². The Morgan fingerprint density at radius 2 is 1.51 bits per heavy atom. The number of anilines is 1. The van der Waals surface area contributed by atoms with E-state index in [1.807, 2.05) is 18.2 Å². The number of ketones is 1. The van der Waals surface area contributed by atoms with Crippen LogP contribution in [0, 0.1) is 16.7 Å². The molecule has 2 heterocycles. The van der Waals surface area contributed by atoms with Gasteiger partial charge in [-0.25, -0.2) is 4.79 Å². The van der Waals surface area contributed by atoms with Gasteiger partial charge < -0.3 is 10.0 Å². The number of aromatic carboxylic acids is 1. The number of rotatable bonds is 18. The molecule has 2 aromatic rings. The van der Waals surface area contributed by atoms with Gasteiger partial charge in [-0.3, -0.25) is 10.2 Å². The van der Waals surface area contributed by atoms with Crippen LogP contribution in [0.2, 0.25) is 0 Å². The number of carboxylic acid groups (broad SMARTS) is 1. The summed E-state index contributed by atoms with van der Waals surface area (Å²) in [4.78, 5) is 28.7. The molecule has 0 spiro atoms. The molecule has 278 valence electrons. The fourth-order valence-electron chi connectivity index (χ4n) is 8.37. The molecule has 0 radical (unpaired) electrons. The second-order valence-corrected chi connectivity index (χ2v) is 15.8. The molecule has 7 heteroatoms. The minimum absolute atomic E-state index is 0.0306. The summed E-state index contributed by atoms with van der Waals surface area (Å²) >= 11 is 0. The monoisotopic (exact) mass is 713 g/mol. The van der Waals surface area contributed by atoms with E-state index < -0.39 is 11.4 Å². The van der Waals surface area contributed by atoms with Crippen LogP contribution in [-0.2, 0) is 15.6 Å². The first-order chi connectivity index (χ1) is 25.4. The molecule has 1 aliphatic carbocycles. The maximum atomic E-state index is 14.4. The number of Topliss-reactive ketones (excluding diaryl/α,β-unsaturated/α-hetero) is 1. The molecule has 0 bridgehead atoms. The summed E-state index contributed by atoms with van der Waals surface area (Å²) in [7, 11) is 0. The fraction of sp³-hybridized carbons (Fsp3) is 0.478. The lowest BCUT2D eigenvalue weighted by atomic mass is 9.73. The number of unbranched alkanes of at least 4 members (excludes halogenated alkanes) is 10. The van der Waals surface area contributed by atoms with E-state index in [2.05, 4.69) is 87.2 Å². The molecule has 53 heavy (non-hydrogen) atoms. The van der Waals surface area contributed by atoms with Crippen molar-refractivity contribution in [1.82, 2.24) is 0 Å². The van der Waals surface area contributed by atoms with Gasteiger partial charge in [0.1, 0.15) is 18.2 Å². The van der Waals surface area contributed by atoms with Crippen LogP contribution in [0.5, 0.6) is 0 Å². The Kier molecular flexibility index (Phi) is 12.6. The van der Waals surface area contributed by atoms with Crippen molar-refractivity contribution in [1.29, 1.82) is 10.7 Å². The Morgan fingerprint density at radius 3 is 2.15 bits per heavy atom. The topological polar surface area (TPSA) is 108 Å². The van der Waals surface area contributed by atoms with Gasteiger partial charge in [0, 0.05) is 64.2 Å². The SMILES string of the molecule is CCCCCCCCN1/C(=C/C2=C(C(=C=N)C#N)C(=C/C3=[N+](CCCCCCCC)c4ccccc4C3(C)C)/C2=O)C(C)(C)c2cc(C(=O)O)ccc21. The Balaban J connectivity index is 1.60. The Hall–Kier alpha value is -4.79. The highest BCUT2D eigenvalue weighted by atomic mass is 16.4. The van der Waals surface area contributed by atoms with Gasteiger partial charge >= 0.3 is 5.97 Å². The molecule has 0 aromatic heterocycles. The molecule has 2 aliphatic heterocycles. The maximum Gasteiger partial charge on any atom is 0.335 e. The van der Waals surface area contributed by atoms with Gasteiger partial charge in [-0.05, 0) is 62.4 Å². The lowest BCUT2D eigenvalue weighted by Gasteiger charge is -2.30. The summed E-state index contributed by atoms with van der Waals surface area (Å²) in [5.41, 5.74) is 6.65. The van der Waals surface area contributed by atoms with E-state index in [1.54, 1.807) is 12.1 Å². The molecular weight excluding hydrogens is 657 g/mol. The second-order valence-electron chi connectivity index (χ2n) is 15.8. The summed E-state index contributed by atoms with van der Waals surface area (Å²) in [6, 6.07) is 15.9. The van der Waals surface area contributed by atoms with Crippen molar-refractivity contribution in [3.8, 4) is 6.07 Å². The van der Waals surface area contributed by atoms with Gasteiger partial charge in [0.25, 0.3) is 0 Å². The molecule has 0 saturated carbocycles. The number of carboxylic acids is 1. The van der Waals surface area contributed by atoms with E-state index in [-0.39, 0.29) is 22.3 Å². The number of nitrogens with one attached hydrogen (secondary N) is 1. The van der Waals surface area contributed by atoms with Crippen LogP contribution in [0.1, 0.15) is 140 Å². The summed E-state index contributed by atoms with van der Waals surface area (Å²) in [6.07, 6.45) is 17.7. The van der Waals surface area contributed by atoms with Crippen molar-refractivity contribution in [3.63, 3.8) is 0 Å². The first-order valence-electron chi connectivity index (χ1n) is 19.8. The average molecular weight is 714 g/mol. The van der Waals surface area contributed by atoms with Crippen molar-refractivity contribution in [2.45, 2.75) is 129 Å². The molecule has 3 aliphatic rings. The molecule has 0 amide bonds. The van der Waals surface area contributed by atoms with E-state index in [9.17, 15) is 20.0 Å². The second kappa shape index (κ2) is 16.9. The van der Waals surface area contributed by atoms with E-state index in [0.717, 1.165) is 73.5 Å². The Bertz CT molecular complexity index is 1980. The van der Waals surface area contributed by atoms with Gasteiger partial charge in [0.2, 0.25) is 5.69 Å². The van der Waals surface area contributed by atoms with Crippen LogP contribution in [0.3, 0.4) is 0 Å². The molecule has 0 unspecified atom stereocenters. The van der Waals surface area contributed by atoms with Crippen molar-refractivity contribution >= 4 is 34.7 Å². The third kappa shape index (κ3) is 7.80. The molecule has 0 fully saturated rings. The Labute approximate surface area is 316 Å². The number of nitrogens with zero attached hydrogens (tertiary/aromatic N) is 3. The van der Waals surface area contributed by atoms with E-state index in [4.69, 9.17) is 5.41 Å². The summed E-state index contributed by atoms with van der Waals surface area (Å²) < 4.78 is 2.35. The number of para-hydroxylation sites is 1. The van der Waals surface area contributed by atoms with E-state index in [0.29, 0.717) is 16.7 Å². The van der Waals surface area contributed by atoms with Gasteiger partial charge in [-0.2, -0.15) is 9.84 Å². The number of carbonyl (C=O) groups is 2. The number of allylic oxidation sites excluding steroid dienone is 7. The molecule has 2 N–H and O–H groups in total. The molecule has 0 atom stereocenters. The van der Waals surface area contributed by atoms with Crippen LogP contribution in [-0.4, -0.2) is 46.1 Å². The van der Waals surface area contributed by atoms with Crippen molar-refractivity contribution in [3.05, 3.63) is 99.3 Å². The van der Waals surface area contributed by atoms with Crippen molar-refractivity contribution in [2.75, 3.05) is 18.0 Å². The smallest absolute Gasteiger partial charge is 0.335 e. The number of benzene rings is 2. The first-order valence-corrected chi connectivity index (χ1v) is 19.8. The fourth-order valence-corrected chi connectivity index (χ4v) is 8.37.